The van der Waals surface area contributed by atoms with Crippen LogP contribution in [0.4, 0.5) is 4.39 Å². The largest absolute Gasteiger partial charge is 3.00 e. The maximum Gasteiger partial charge on any atom is 3.00 e. The summed E-state index contributed by atoms with van der Waals surface area (Å²) in [7, 11) is 0. The van der Waals surface area contributed by atoms with E-state index in [4.69, 9.17) is 0 Å². The summed E-state index contributed by atoms with van der Waals surface area (Å²) in [6.07, 6.45) is 6.52. The molecule has 0 N–H and O–H groups in total. The van der Waals surface area contributed by atoms with E-state index < -0.39 is 23.0 Å². The molecule has 3 aromatic carbocycles. The molecule has 1 aliphatic rings. The van der Waals surface area contributed by atoms with Crippen LogP contribution in [-0.4, -0.2) is 24.5 Å². The first-order valence-electron chi connectivity index (χ1n) is 10.8. The van der Waals surface area contributed by atoms with Crippen molar-refractivity contribution in [2.45, 2.75) is 37.8 Å². The van der Waals surface area contributed by atoms with Gasteiger partial charge in [0.25, 0.3) is 0 Å². The Labute approximate surface area is 250 Å². The zero-order valence-corrected chi connectivity index (χ0v) is 24.3. The van der Waals surface area contributed by atoms with Crippen LogP contribution in [0.25, 0.3) is 0 Å². The Balaban J connectivity index is 0.000000555. The van der Waals surface area contributed by atoms with Crippen molar-refractivity contribution in [2.24, 2.45) is 9.98 Å². The smallest absolute Gasteiger partial charge is 0.873 e. The van der Waals surface area contributed by atoms with Gasteiger partial charge in [-0.25, -0.2) is 4.39 Å². The van der Waals surface area contributed by atoms with E-state index in [0.717, 1.165) is 37.8 Å². The van der Waals surface area contributed by atoms with Crippen LogP contribution in [0, 0.1) is 41.4 Å². The normalized spacial score (nSPS) is 17.0. The molecule has 0 saturated heterocycles. The Morgan fingerprint density at radius 1 is 0.667 bits per heavy atom. The van der Waals surface area contributed by atoms with Crippen LogP contribution in [0.1, 0.15) is 36.8 Å². The van der Waals surface area contributed by atoms with Crippen molar-refractivity contribution < 1.29 is 85.9 Å². The molecule has 1 fully saturated rings. The molecule has 0 aliphatic heterocycles. The molecule has 0 heterocycles. The molecule has 10 heteroatoms. The number of hydrogen-bond acceptors (Lipinski definition) is 7. The number of rotatable bonds is 4. The molecule has 0 spiro atoms. The van der Waals surface area contributed by atoms with Crippen molar-refractivity contribution in [3.8, 4) is 28.7 Å². The summed E-state index contributed by atoms with van der Waals surface area (Å²) in [5.74, 6) is -2.75. The van der Waals surface area contributed by atoms with E-state index in [0.29, 0.717) is 0 Å². The van der Waals surface area contributed by atoms with E-state index in [-0.39, 0.29) is 90.8 Å². The van der Waals surface area contributed by atoms with Crippen molar-refractivity contribution in [1.29, 1.82) is 0 Å². The first kappa shape index (κ1) is 31.8. The van der Waals surface area contributed by atoms with Crippen LogP contribution in [0.3, 0.4) is 0 Å². The van der Waals surface area contributed by atoms with E-state index in [1.165, 1.54) is 48.8 Å². The topological polar surface area (TPSA) is 140 Å². The molecule has 36 heavy (non-hydrogen) atoms. The summed E-state index contributed by atoms with van der Waals surface area (Å²) in [6, 6.07) is 13.1. The minimum absolute atomic E-state index is 0. The van der Waals surface area contributed by atoms with Crippen molar-refractivity contribution in [2.75, 3.05) is 0 Å². The maximum atomic E-state index is 11.9. The predicted molar refractivity (Wildman–Crippen MR) is 118 cm³/mol. The molecule has 0 amide bonds. The summed E-state index contributed by atoms with van der Waals surface area (Å²) in [5.41, 5.74) is 0.540. The molecule has 186 valence electrons. The van der Waals surface area contributed by atoms with Crippen LogP contribution in [0.15, 0.2) is 70.6 Å². The van der Waals surface area contributed by atoms with Gasteiger partial charge in [-0.05, 0) is 36.1 Å². The van der Waals surface area contributed by atoms with Gasteiger partial charge in [0.1, 0.15) is 5.82 Å². The molecular formula is C26H22FLaN2O5Pd. The molecule has 1 saturated carbocycles. The fourth-order valence-electron chi connectivity index (χ4n) is 3.50. The summed E-state index contributed by atoms with van der Waals surface area (Å²) in [5, 5.41) is 56.7. The Bertz CT molecular complexity index is 1070. The van der Waals surface area contributed by atoms with Crippen molar-refractivity contribution >= 4 is 12.4 Å². The molecule has 0 bridgehead atoms. The Hall–Kier alpha value is -2.21. The Kier molecular flexibility index (Phi) is 14.0. The van der Waals surface area contributed by atoms with Crippen LogP contribution in [-0.2, 0) is 20.4 Å². The number of halogens is 1. The number of hydrogen-bond donors (Lipinski definition) is 0. The van der Waals surface area contributed by atoms with Gasteiger partial charge in [0, 0.05) is 12.4 Å². The van der Waals surface area contributed by atoms with Crippen LogP contribution in [0.5, 0.6) is 28.7 Å². The summed E-state index contributed by atoms with van der Waals surface area (Å²) in [4.78, 5) is 8.94. The fourth-order valence-corrected chi connectivity index (χ4v) is 3.50. The number of aliphatic imine (C=N–C) groups is 2. The van der Waals surface area contributed by atoms with E-state index in [1.54, 1.807) is 12.1 Å². The van der Waals surface area contributed by atoms with Crippen molar-refractivity contribution in [1.82, 2.24) is 0 Å². The summed E-state index contributed by atoms with van der Waals surface area (Å²) >= 11 is 0. The van der Waals surface area contributed by atoms with Gasteiger partial charge in [-0.2, -0.15) is 0 Å². The predicted octanol–water partition coefficient (Wildman–Crippen LogP) is 1.73. The molecule has 0 aromatic heterocycles. The third kappa shape index (κ3) is 9.34. The van der Waals surface area contributed by atoms with Gasteiger partial charge in [0.2, 0.25) is 0 Å². The SMILES string of the molecule is [La+3].[O-]c1ccc(F)cc1.[O-]c1cccc(C=NC2CCCCC2N=Cc2cccc([O-])c2[O-])c1[O-].[Pd+2]. The van der Waals surface area contributed by atoms with Gasteiger partial charge in [-0.15, -0.1) is 28.7 Å². The molecule has 1 aliphatic carbocycles. The Morgan fingerprint density at radius 2 is 1.08 bits per heavy atom. The minimum atomic E-state index is -0.560. The second kappa shape index (κ2) is 15.8. The molecule has 3 aromatic rings. The van der Waals surface area contributed by atoms with Gasteiger partial charge in [0.05, 0.1) is 12.1 Å². The number of para-hydroxylation sites is 2. The third-order valence-electron chi connectivity index (χ3n) is 5.34. The molecule has 2 unspecified atom stereocenters. The molecule has 7 nitrogen and oxygen atoms in total. The van der Waals surface area contributed by atoms with Gasteiger partial charge in [0.15, 0.2) is 0 Å². The van der Waals surface area contributed by atoms with Gasteiger partial charge in [-0.1, -0.05) is 61.4 Å². The number of nitrogens with zero attached hydrogens (tertiary/aromatic N) is 2. The van der Waals surface area contributed by atoms with Gasteiger partial charge in [-0.3, -0.25) is 9.98 Å². The van der Waals surface area contributed by atoms with Gasteiger partial charge < -0.3 is 25.5 Å². The first-order valence-corrected chi connectivity index (χ1v) is 10.8. The third-order valence-corrected chi connectivity index (χ3v) is 5.34. The van der Waals surface area contributed by atoms with Crippen LogP contribution in [0.2, 0.25) is 0 Å². The van der Waals surface area contributed by atoms with Crippen LogP contribution < -0.4 is 25.5 Å². The van der Waals surface area contributed by atoms with Crippen molar-refractivity contribution in [3.05, 3.63) is 77.6 Å². The minimum Gasteiger partial charge on any atom is -0.873 e. The van der Waals surface area contributed by atoms with Crippen LogP contribution >= 0.6 is 0 Å². The standard InChI is InChI=1S/C20H22N2O4.C6H5FO.La.Pd/c23-17-9-3-5-13(19(17)25)11-21-15-7-1-2-8-16(15)22-12-14-6-4-10-18(24)20(14)26;7-5-1-3-6(8)4-2-5;;/h3-6,9-12,15-16,23-26H,1-2,7-8H2;1-4,8H;;/q;;+3;+2/p-5. The quantitative estimate of drug-likeness (QED) is 0.301. The van der Waals surface area contributed by atoms with E-state index in [1.807, 2.05) is 0 Å². The van der Waals surface area contributed by atoms with Gasteiger partial charge >= 0.3 is 56.0 Å². The average Bonchev–Trinajstić information content (AvgIpc) is 2.84. The number of benzene rings is 3. The van der Waals surface area contributed by atoms with E-state index >= 15 is 0 Å². The van der Waals surface area contributed by atoms with E-state index in [9.17, 15) is 29.9 Å². The summed E-state index contributed by atoms with van der Waals surface area (Å²) < 4.78 is 11.9. The summed E-state index contributed by atoms with van der Waals surface area (Å²) in [6.45, 7) is 0. The Morgan fingerprint density at radius 3 is 1.47 bits per heavy atom. The fraction of sp³-hybridized carbons (Fsp3) is 0.231. The average molecular weight is 707 g/mol. The maximum absolute atomic E-state index is 11.9. The zero-order chi connectivity index (χ0) is 24.5. The molecular weight excluding hydrogens is 685 g/mol. The molecule has 0 radical (unpaired) electrons. The second-order valence-electron chi connectivity index (χ2n) is 7.78. The zero-order valence-electron chi connectivity index (χ0n) is 19.1. The molecule has 2 atom stereocenters. The van der Waals surface area contributed by atoms with Crippen molar-refractivity contribution in [3.63, 3.8) is 0 Å². The first-order chi connectivity index (χ1) is 16.3. The van der Waals surface area contributed by atoms with E-state index in [2.05, 4.69) is 9.98 Å². The monoisotopic (exact) mass is 706 g/mol. The second-order valence-corrected chi connectivity index (χ2v) is 7.78. The molecule has 4 rings (SSSR count).